The second-order valence-electron chi connectivity index (χ2n) is 6.16. The van der Waals surface area contributed by atoms with Gasteiger partial charge in [-0.15, -0.1) is 0 Å². The normalized spacial score (nSPS) is 12.8. The SMILES string of the molecule is CO[Si](C)(C)/C(=C/C#Cc1ccccc1)[Si](C)(C)C. The van der Waals surface area contributed by atoms with Crippen LogP contribution in [0.15, 0.2) is 41.2 Å². The molecule has 19 heavy (non-hydrogen) atoms. The molecule has 0 saturated heterocycles. The van der Waals surface area contributed by atoms with Gasteiger partial charge in [-0.1, -0.05) is 54.5 Å². The maximum atomic E-state index is 5.77. The molecule has 0 N–H and O–H groups in total. The molecule has 0 aromatic heterocycles. The van der Waals surface area contributed by atoms with Gasteiger partial charge in [-0.25, -0.2) is 0 Å². The maximum Gasteiger partial charge on any atom is 0.210 e. The van der Waals surface area contributed by atoms with Crippen molar-refractivity contribution in [1.29, 1.82) is 0 Å². The van der Waals surface area contributed by atoms with Gasteiger partial charge >= 0.3 is 0 Å². The minimum atomic E-state index is -1.76. The van der Waals surface area contributed by atoms with E-state index in [4.69, 9.17) is 4.43 Å². The lowest BCUT2D eigenvalue weighted by molar-refractivity contribution is 0.414. The van der Waals surface area contributed by atoms with Gasteiger partial charge in [-0.3, -0.25) is 0 Å². The summed E-state index contributed by atoms with van der Waals surface area (Å²) < 4.78 is 5.77. The van der Waals surface area contributed by atoms with Crippen LogP contribution in [-0.2, 0) is 4.43 Å². The van der Waals surface area contributed by atoms with Crippen LogP contribution < -0.4 is 0 Å². The van der Waals surface area contributed by atoms with E-state index >= 15 is 0 Å². The molecule has 0 unspecified atom stereocenters. The third-order valence-corrected chi connectivity index (χ3v) is 11.5. The van der Waals surface area contributed by atoms with Gasteiger partial charge in [0.05, 0.1) is 8.07 Å². The topological polar surface area (TPSA) is 9.23 Å². The molecular weight excluding hydrogens is 264 g/mol. The Bertz CT molecular complexity index is 499. The molecule has 102 valence electrons. The summed E-state index contributed by atoms with van der Waals surface area (Å²) >= 11 is 0. The molecule has 0 aliphatic carbocycles. The second kappa shape index (κ2) is 6.38. The smallest absolute Gasteiger partial charge is 0.210 e. The van der Waals surface area contributed by atoms with Crippen molar-refractivity contribution in [2.75, 3.05) is 7.11 Å². The highest BCUT2D eigenvalue weighted by atomic mass is 28.4. The summed E-state index contributed by atoms with van der Waals surface area (Å²) in [4.78, 5) is 1.48. The van der Waals surface area contributed by atoms with Crippen molar-refractivity contribution in [2.45, 2.75) is 32.7 Å². The molecule has 0 aliphatic rings. The quantitative estimate of drug-likeness (QED) is 0.597. The average molecular weight is 289 g/mol. The highest BCUT2D eigenvalue weighted by Crippen LogP contribution is 2.25. The van der Waals surface area contributed by atoms with Crippen LogP contribution >= 0.6 is 0 Å². The Balaban J connectivity index is 3.08. The fraction of sp³-hybridized carbons (Fsp3) is 0.375. The molecule has 3 heteroatoms. The fourth-order valence-corrected chi connectivity index (χ4v) is 10.8. The zero-order valence-corrected chi connectivity index (χ0v) is 14.9. The van der Waals surface area contributed by atoms with E-state index < -0.39 is 16.4 Å². The number of rotatable bonds is 3. The van der Waals surface area contributed by atoms with Crippen molar-refractivity contribution in [1.82, 2.24) is 0 Å². The van der Waals surface area contributed by atoms with Crippen molar-refractivity contribution in [3.63, 3.8) is 0 Å². The minimum Gasteiger partial charge on any atom is -0.417 e. The Morgan fingerprint density at radius 2 is 1.63 bits per heavy atom. The molecule has 0 atom stereocenters. The molecule has 1 rings (SSSR count). The van der Waals surface area contributed by atoms with Crippen LogP contribution in [0.5, 0.6) is 0 Å². The van der Waals surface area contributed by atoms with Gasteiger partial charge in [0.1, 0.15) is 0 Å². The molecular formula is C16H24OSi2. The lowest BCUT2D eigenvalue weighted by Gasteiger charge is -2.31. The van der Waals surface area contributed by atoms with Crippen LogP contribution in [0.1, 0.15) is 5.56 Å². The summed E-state index contributed by atoms with van der Waals surface area (Å²) in [7, 11) is -1.32. The Kier molecular flexibility index (Phi) is 5.36. The molecule has 1 aromatic carbocycles. The third kappa shape index (κ3) is 4.83. The van der Waals surface area contributed by atoms with Crippen molar-refractivity contribution >= 4 is 16.4 Å². The number of hydrogen-bond donors (Lipinski definition) is 0. The van der Waals surface area contributed by atoms with E-state index in [1.165, 1.54) is 4.82 Å². The van der Waals surface area contributed by atoms with Crippen LogP contribution in [0.4, 0.5) is 0 Å². The predicted molar refractivity (Wildman–Crippen MR) is 89.2 cm³/mol. The highest BCUT2D eigenvalue weighted by molar-refractivity contribution is 7.02. The van der Waals surface area contributed by atoms with Crippen molar-refractivity contribution in [3.05, 3.63) is 46.8 Å². The highest BCUT2D eigenvalue weighted by Gasteiger charge is 2.35. The molecule has 0 heterocycles. The Labute approximate surface area is 119 Å². The van der Waals surface area contributed by atoms with Crippen LogP contribution in [-0.4, -0.2) is 23.5 Å². The molecule has 0 aliphatic heterocycles. The maximum absolute atomic E-state index is 5.77. The van der Waals surface area contributed by atoms with Crippen LogP contribution in [0.3, 0.4) is 0 Å². The summed E-state index contributed by atoms with van der Waals surface area (Å²) in [5.41, 5.74) is 1.06. The summed E-state index contributed by atoms with van der Waals surface area (Å²) in [5, 5.41) is 0. The molecule has 0 radical (unpaired) electrons. The number of hydrogen-bond acceptors (Lipinski definition) is 1. The van der Waals surface area contributed by atoms with Gasteiger partial charge in [0.25, 0.3) is 0 Å². The zero-order chi connectivity index (χ0) is 14.5. The molecule has 0 saturated carbocycles. The third-order valence-electron chi connectivity index (χ3n) is 3.17. The van der Waals surface area contributed by atoms with Gasteiger partial charge < -0.3 is 4.43 Å². The minimum absolute atomic E-state index is 1.06. The Morgan fingerprint density at radius 3 is 2.11 bits per heavy atom. The standard InChI is InChI=1S/C16H24OSi2/c1-17-19(5,6)16(18(2,3)4)14-10-13-15-11-8-7-9-12-15/h7-9,11-12,14H,1-6H3/b16-14+. The van der Waals surface area contributed by atoms with Gasteiger partial charge in [0.15, 0.2) is 0 Å². The summed E-state index contributed by atoms with van der Waals surface area (Å²) in [5.74, 6) is 6.43. The van der Waals surface area contributed by atoms with Crippen molar-refractivity contribution < 1.29 is 4.43 Å². The van der Waals surface area contributed by atoms with Gasteiger partial charge in [-0.2, -0.15) is 0 Å². The number of benzene rings is 1. The van der Waals surface area contributed by atoms with Crippen molar-refractivity contribution in [2.24, 2.45) is 0 Å². The van der Waals surface area contributed by atoms with Gasteiger partial charge in [0, 0.05) is 12.7 Å². The van der Waals surface area contributed by atoms with Crippen LogP contribution in [0, 0.1) is 11.8 Å². The lowest BCUT2D eigenvalue weighted by Crippen LogP contribution is -2.44. The van der Waals surface area contributed by atoms with E-state index in [0.29, 0.717) is 0 Å². The molecule has 0 bridgehead atoms. The largest absolute Gasteiger partial charge is 0.417 e. The average Bonchev–Trinajstić information content (AvgIpc) is 2.34. The Hall–Kier alpha value is -1.09. The molecule has 1 nitrogen and oxygen atoms in total. The van der Waals surface area contributed by atoms with E-state index in [2.05, 4.69) is 50.7 Å². The molecule has 0 amide bonds. The van der Waals surface area contributed by atoms with Crippen LogP contribution in [0.2, 0.25) is 32.7 Å². The predicted octanol–water partition coefficient (Wildman–Crippen LogP) is 4.23. The van der Waals surface area contributed by atoms with Gasteiger partial charge in [0.2, 0.25) is 8.32 Å². The fourth-order valence-electron chi connectivity index (χ4n) is 2.12. The molecule has 0 spiro atoms. The van der Waals surface area contributed by atoms with E-state index in [1.807, 2.05) is 37.4 Å². The molecule has 1 aromatic rings. The van der Waals surface area contributed by atoms with E-state index in [9.17, 15) is 0 Å². The Morgan fingerprint density at radius 1 is 1.05 bits per heavy atom. The summed E-state index contributed by atoms with van der Waals surface area (Å²) in [6.45, 7) is 11.6. The van der Waals surface area contributed by atoms with E-state index in [-0.39, 0.29) is 0 Å². The first-order valence-electron chi connectivity index (χ1n) is 6.60. The summed E-state index contributed by atoms with van der Waals surface area (Å²) in [6, 6.07) is 10.1. The first-order valence-corrected chi connectivity index (χ1v) is 13.0. The van der Waals surface area contributed by atoms with E-state index in [0.717, 1.165) is 5.56 Å². The van der Waals surface area contributed by atoms with Crippen molar-refractivity contribution in [3.8, 4) is 11.8 Å². The van der Waals surface area contributed by atoms with E-state index in [1.54, 1.807) is 0 Å². The first kappa shape index (κ1) is 16.0. The molecule has 0 fully saturated rings. The summed E-state index contributed by atoms with van der Waals surface area (Å²) in [6.07, 6.45) is 2.12. The zero-order valence-electron chi connectivity index (χ0n) is 12.9. The first-order chi connectivity index (χ1) is 8.77. The lowest BCUT2D eigenvalue weighted by atomic mass is 10.2. The van der Waals surface area contributed by atoms with Gasteiger partial charge in [-0.05, 0) is 31.3 Å². The number of allylic oxidation sites excluding steroid dienone is 1. The van der Waals surface area contributed by atoms with Crippen LogP contribution in [0.25, 0.3) is 0 Å². The monoisotopic (exact) mass is 288 g/mol. The second-order valence-corrected chi connectivity index (χ2v) is 15.7.